The number of piperidine rings is 1. The number of H-pyrrole nitrogens is 1. The van der Waals surface area contributed by atoms with Gasteiger partial charge in [-0.1, -0.05) is 0 Å². The molecule has 2 heterocycles. The predicted octanol–water partition coefficient (Wildman–Crippen LogP) is 3.09. The Labute approximate surface area is 136 Å². The van der Waals surface area contributed by atoms with E-state index in [0.717, 1.165) is 24.0 Å². The van der Waals surface area contributed by atoms with Crippen LogP contribution in [0.25, 0.3) is 0 Å². The van der Waals surface area contributed by atoms with E-state index in [4.69, 9.17) is 4.74 Å². The van der Waals surface area contributed by atoms with Crippen LogP contribution in [0.15, 0.2) is 15.9 Å². The number of hydrogen-bond acceptors (Lipinski definition) is 4. The number of carbonyl (C=O) groups excluding carboxylic acids is 1. The quantitative estimate of drug-likeness (QED) is 0.780. The van der Waals surface area contributed by atoms with Crippen LogP contribution in [-0.2, 0) is 4.74 Å². The number of amides is 1. The molecule has 0 bridgehead atoms. The fourth-order valence-electron chi connectivity index (χ4n) is 2.76. The molecule has 122 valence electrons. The van der Waals surface area contributed by atoms with Gasteiger partial charge in [0.2, 0.25) is 5.56 Å². The van der Waals surface area contributed by atoms with E-state index in [-0.39, 0.29) is 17.6 Å². The fraction of sp³-hybridized carbons (Fsp3) is 0.625. The highest BCUT2D eigenvalue weighted by atomic mass is 32.1. The Kier molecular flexibility index (Phi) is 4.90. The van der Waals surface area contributed by atoms with E-state index >= 15 is 0 Å². The zero-order valence-electron chi connectivity index (χ0n) is 13.6. The number of nitrogens with one attached hydrogen (secondary N) is 1. The molecule has 1 aliphatic rings. The summed E-state index contributed by atoms with van der Waals surface area (Å²) in [5.41, 5.74) is 1.45. The van der Waals surface area contributed by atoms with Gasteiger partial charge in [-0.3, -0.25) is 4.79 Å². The van der Waals surface area contributed by atoms with Crippen LogP contribution in [0.1, 0.15) is 50.7 Å². The maximum atomic E-state index is 12.1. The highest BCUT2D eigenvalue weighted by Crippen LogP contribution is 2.31. The van der Waals surface area contributed by atoms with Crippen molar-refractivity contribution in [2.75, 3.05) is 13.1 Å². The van der Waals surface area contributed by atoms with Crippen molar-refractivity contribution in [2.45, 2.75) is 57.1 Å². The fourth-order valence-corrected chi connectivity index (χ4v) is 3.00. The lowest BCUT2D eigenvalue weighted by atomic mass is 9.88. The van der Waals surface area contributed by atoms with E-state index in [9.17, 15) is 9.59 Å². The number of nitrogens with zero attached hydrogens (tertiary/aromatic N) is 1. The van der Waals surface area contributed by atoms with E-state index in [1.165, 1.54) is 0 Å². The Hall–Kier alpha value is -1.43. The lowest BCUT2D eigenvalue weighted by Crippen LogP contribution is -2.41. The van der Waals surface area contributed by atoms with E-state index in [0.29, 0.717) is 18.1 Å². The Morgan fingerprint density at radius 1 is 1.36 bits per heavy atom. The normalized spacial score (nSPS) is 16.7. The molecule has 0 radical (unpaired) electrons. The van der Waals surface area contributed by atoms with E-state index in [1.54, 1.807) is 11.0 Å². The number of likely N-dealkylation sites (tertiary alicyclic amines) is 1. The molecule has 1 saturated heterocycles. The van der Waals surface area contributed by atoms with Crippen LogP contribution in [-0.4, -0.2) is 34.7 Å². The van der Waals surface area contributed by atoms with Crippen LogP contribution in [0, 0.1) is 6.92 Å². The zero-order chi connectivity index (χ0) is 16.5. The van der Waals surface area contributed by atoms with Crippen LogP contribution in [0.4, 0.5) is 4.79 Å². The maximum Gasteiger partial charge on any atom is 0.410 e. The minimum atomic E-state index is -0.474. The average molecular weight is 324 g/mol. The highest BCUT2D eigenvalue weighted by molar-refractivity contribution is 7.80. The number of thiol groups is 1. The molecule has 1 aromatic rings. The van der Waals surface area contributed by atoms with Gasteiger partial charge in [-0.25, -0.2) is 4.79 Å². The number of aromatic amines is 1. The summed E-state index contributed by atoms with van der Waals surface area (Å²) in [6.45, 7) is 8.86. The number of carbonyl (C=O) groups is 1. The summed E-state index contributed by atoms with van der Waals surface area (Å²) in [7, 11) is 0. The van der Waals surface area contributed by atoms with Gasteiger partial charge in [0.25, 0.3) is 0 Å². The molecule has 1 fully saturated rings. The molecule has 1 aliphatic heterocycles. The minimum Gasteiger partial charge on any atom is -0.444 e. The van der Waals surface area contributed by atoms with Gasteiger partial charge < -0.3 is 14.6 Å². The van der Waals surface area contributed by atoms with Crippen molar-refractivity contribution in [3.63, 3.8) is 0 Å². The Balaban J connectivity index is 2.04. The summed E-state index contributed by atoms with van der Waals surface area (Å²) >= 11 is 4.31. The second-order valence-corrected chi connectivity index (χ2v) is 7.25. The van der Waals surface area contributed by atoms with Crippen LogP contribution < -0.4 is 5.56 Å². The summed E-state index contributed by atoms with van der Waals surface area (Å²) in [6, 6.07) is 1.66. The molecule has 2 rings (SSSR count). The van der Waals surface area contributed by atoms with Gasteiger partial charge in [0.1, 0.15) is 5.60 Å². The molecule has 0 aromatic carbocycles. The van der Waals surface area contributed by atoms with E-state index in [2.05, 4.69) is 17.6 Å². The predicted molar refractivity (Wildman–Crippen MR) is 88.8 cm³/mol. The van der Waals surface area contributed by atoms with Crippen molar-refractivity contribution in [1.82, 2.24) is 9.88 Å². The Morgan fingerprint density at radius 2 is 1.95 bits per heavy atom. The van der Waals surface area contributed by atoms with Crippen molar-refractivity contribution in [1.29, 1.82) is 0 Å². The Bertz CT molecular complexity index is 611. The van der Waals surface area contributed by atoms with Crippen LogP contribution in [0.5, 0.6) is 0 Å². The standard InChI is InChI=1S/C16H24N2O3S/c1-10-12(9-13(19)17-14(10)22)11-5-7-18(8-6-11)15(20)21-16(2,3)4/h9,11H,5-8H2,1-4H3,(H2,17,19,22). The summed E-state index contributed by atoms with van der Waals surface area (Å²) in [6.07, 6.45) is 1.40. The molecule has 0 saturated carbocycles. The minimum absolute atomic E-state index is 0.125. The van der Waals surface area contributed by atoms with Crippen LogP contribution in [0.3, 0.4) is 0 Å². The number of hydrogen-bond donors (Lipinski definition) is 2. The van der Waals surface area contributed by atoms with Crippen molar-refractivity contribution < 1.29 is 9.53 Å². The lowest BCUT2D eigenvalue weighted by Gasteiger charge is -2.34. The third-order valence-electron chi connectivity index (χ3n) is 3.90. The molecule has 0 spiro atoms. The van der Waals surface area contributed by atoms with E-state index in [1.807, 2.05) is 27.7 Å². The topological polar surface area (TPSA) is 62.4 Å². The first kappa shape index (κ1) is 16.9. The first-order valence-electron chi connectivity index (χ1n) is 7.58. The molecular weight excluding hydrogens is 300 g/mol. The molecule has 0 aliphatic carbocycles. The molecule has 5 nitrogen and oxygen atoms in total. The summed E-state index contributed by atoms with van der Waals surface area (Å²) in [4.78, 5) is 28.2. The first-order valence-corrected chi connectivity index (χ1v) is 8.03. The molecule has 6 heteroatoms. The summed E-state index contributed by atoms with van der Waals surface area (Å²) in [5, 5.41) is 0.622. The summed E-state index contributed by atoms with van der Waals surface area (Å²) in [5.74, 6) is 0.284. The highest BCUT2D eigenvalue weighted by Gasteiger charge is 2.28. The van der Waals surface area contributed by atoms with Gasteiger partial charge in [0.05, 0.1) is 5.03 Å². The lowest BCUT2D eigenvalue weighted by molar-refractivity contribution is 0.0204. The van der Waals surface area contributed by atoms with Crippen molar-refractivity contribution >= 4 is 18.7 Å². The third kappa shape index (κ3) is 4.06. The van der Waals surface area contributed by atoms with Gasteiger partial charge in [0.15, 0.2) is 0 Å². The number of pyridine rings is 1. The number of ether oxygens (including phenoxy) is 1. The summed E-state index contributed by atoms with van der Waals surface area (Å²) < 4.78 is 5.40. The Morgan fingerprint density at radius 3 is 2.50 bits per heavy atom. The zero-order valence-corrected chi connectivity index (χ0v) is 14.5. The van der Waals surface area contributed by atoms with Gasteiger partial charge in [-0.15, -0.1) is 12.6 Å². The molecule has 1 N–H and O–H groups in total. The van der Waals surface area contributed by atoms with Crippen LogP contribution >= 0.6 is 12.6 Å². The SMILES string of the molecule is Cc1c(C2CCN(C(=O)OC(C)(C)C)CC2)cc(=O)[nH]c1S. The smallest absolute Gasteiger partial charge is 0.410 e. The van der Waals surface area contributed by atoms with E-state index < -0.39 is 5.60 Å². The second kappa shape index (κ2) is 6.36. The molecular formula is C16H24N2O3S. The first-order chi connectivity index (χ1) is 10.2. The molecule has 0 unspecified atom stereocenters. The van der Waals surface area contributed by atoms with Crippen molar-refractivity contribution in [3.05, 3.63) is 27.5 Å². The molecule has 22 heavy (non-hydrogen) atoms. The van der Waals surface area contributed by atoms with Crippen LogP contribution in [0.2, 0.25) is 0 Å². The third-order valence-corrected chi connectivity index (χ3v) is 4.35. The molecule has 0 atom stereocenters. The van der Waals surface area contributed by atoms with Crippen molar-refractivity contribution in [3.8, 4) is 0 Å². The molecule has 1 amide bonds. The van der Waals surface area contributed by atoms with Gasteiger partial charge >= 0.3 is 6.09 Å². The largest absolute Gasteiger partial charge is 0.444 e. The second-order valence-electron chi connectivity index (χ2n) is 6.80. The molecule has 1 aromatic heterocycles. The van der Waals surface area contributed by atoms with Gasteiger partial charge in [-0.2, -0.15) is 0 Å². The van der Waals surface area contributed by atoms with Crippen molar-refractivity contribution in [2.24, 2.45) is 0 Å². The van der Waals surface area contributed by atoms with Gasteiger partial charge in [0, 0.05) is 19.2 Å². The monoisotopic (exact) mass is 324 g/mol. The number of aromatic nitrogens is 1. The van der Waals surface area contributed by atoms with Gasteiger partial charge in [-0.05, 0) is 57.6 Å². The maximum absolute atomic E-state index is 12.1. The number of rotatable bonds is 1. The average Bonchev–Trinajstić information content (AvgIpc) is 2.41.